The molecule has 1 saturated heterocycles. The molecule has 0 saturated carbocycles. The Labute approximate surface area is 170 Å². The zero-order valence-electron chi connectivity index (χ0n) is 15.1. The number of carbonyl (C=O) groups is 1. The van der Waals surface area contributed by atoms with Crippen LogP contribution in [0.3, 0.4) is 0 Å². The summed E-state index contributed by atoms with van der Waals surface area (Å²) in [6.45, 7) is 2.97. The predicted molar refractivity (Wildman–Crippen MR) is 111 cm³/mol. The Balaban J connectivity index is 1.36. The van der Waals surface area contributed by atoms with Crippen molar-refractivity contribution in [2.24, 2.45) is 0 Å². The van der Waals surface area contributed by atoms with E-state index in [1.807, 2.05) is 11.0 Å². The van der Waals surface area contributed by atoms with Crippen LogP contribution in [0.5, 0.6) is 0 Å². The number of fused-ring (bicyclic) bond motifs is 1. The van der Waals surface area contributed by atoms with Gasteiger partial charge in [-0.2, -0.15) is 0 Å². The summed E-state index contributed by atoms with van der Waals surface area (Å²) in [6.07, 6.45) is 0.273. The minimum Gasteiger partial charge on any atom is -0.368 e. The quantitative estimate of drug-likeness (QED) is 0.649. The Kier molecular flexibility index (Phi) is 5.37. The van der Waals surface area contributed by atoms with Gasteiger partial charge < -0.3 is 9.80 Å². The molecular weight excluding hydrogens is 401 g/mol. The summed E-state index contributed by atoms with van der Waals surface area (Å²) in [7, 11) is 0. The summed E-state index contributed by atoms with van der Waals surface area (Å²) in [4.78, 5) is 28.7. The van der Waals surface area contributed by atoms with Crippen LogP contribution < -0.4 is 9.77 Å². The van der Waals surface area contributed by atoms with Crippen molar-refractivity contribution >= 4 is 44.7 Å². The Bertz CT molecular complexity index is 1060. The van der Waals surface area contributed by atoms with Crippen molar-refractivity contribution in [3.05, 3.63) is 63.0 Å². The lowest BCUT2D eigenvalue weighted by atomic mass is 10.2. The van der Waals surface area contributed by atoms with Crippen molar-refractivity contribution in [3.63, 3.8) is 0 Å². The number of aryl methyl sites for hydroxylation is 1. The van der Waals surface area contributed by atoms with Crippen LogP contribution in [0, 0.1) is 5.82 Å². The summed E-state index contributed by atoms with van der Waals surface area (Å²) >= 11 is 7.21. The van der Waals surface area contributed by atoms with Crippen molar-refractivity contribution in [2.45, 2.75) is 13.0 Å². The average Bonchev–Trinajstić information content (AvgIpc) is 3.01. The summed E-state index contributed by atoms with van der Waals surface area (Å²) < 4.78 is 15.6. The maximum atomic E-state index is 13.1. The van der Waals surface area contributed by atoms with Crippen LogP contribution in [0.15, 0.2) is 47.3 Å². The fraction of sp³-hybridized carbons (Fsp3) is 0.300. The van der Waals surface area contributed by atoms with Gasteiger partial charge in [-0.1, -0.05) is 22.9 Å². The van der Waals surface area contributed by atoms with E-state index in [1.165, 1.54) is 12.1 Å². The van der Waals surface area contributed by atoms with Gasteiger partial charge in [0.25, 0.3) is 0 Å². The van der Waals surface area contributed by atoms with Gasteiger partial charge in [0.1, 0.15) is 5.82 Å². The molecule has 1 fully saturated rings. The van der Waals surface area contributed by atoms with Gasteiger partial charge in [-0.3, -0.25) is 14.2 Å². The standard InChI is InChI=1S/C20H19ClFN3O2S/c21-14-1-6-18-17(13-14)25(20(27)28-18)8-7-19(26)24-11-9-23(10-12-24)16-4-2-15(22)3-5-16/h1-6,13H,7-12H2. The number of halogens is 2. The molecule has 0 bridgehead atoms. The fourth-order valence-electron chi connectivity index (χ4n) is 3.48. The molecule has 0 aliphatic carbocycles. The van der Waals surface area contributed by atoms with E-state index in [-0.39, 0.29) is 23.0 Å². The highest BCUT2D eigenvalue weighted by atomic mass is 35.5. The molecule has 1 aromatic heterocycles. The second-order valence-electron chi connectivity index (χ2n) is 6.73. The molecule has 1 aliphatic rings. The van der Waals surface area contributed by atoms with Gasteiger partial charge in [-0.15, -0.1) is 0 Å². The highest BCUT2D eigenvalue weighted by Crippen LogP contribution is 2.22. The smallest absolute Gasteiger partial charge is 0.308 e. The number of carbonyl (C=O) groups excluding carboxylic acids is 1. The van der Waals surface area contributed by atoms with E-state index >= 15 is 0 Å². The first-order chi connectivity index (χ1) is 13.5. The zero-order valence-corrected chi connectivity index (χ0v) is 16.7. The molecule has 146 valence electrons. The van der Waals surface area contributed by atoms with Gasteiger partial charge in [-0.05, 0) is 42.5 Å². The van der Waals surface area contributed by atoms with Crippen molar-refractivity contribution in [3.8, 4) is 0 Å². The summed E-state index contributed by atoms with van der Waals surface area (Å²) in [5, 5.41) is 0.572. The van der Waals surface area contributed by atoms with Crippen molar-refractivity contribution in [1.29, 1.82) is 0 Å². The number of hydrogen-bond donors (Lipinski definition) is 0. The SMILES string of the molecule is O=C(CCn1c(=O)sc2ccc(Cl)cc21)N1CCN(c2ccc(F)cc2)CC1. The number of hydrogen-bond acceptors (Lipinski definition) is 4. The molecule has 4 rings (SSSR count). The average molecular weight is 420 g/mol. The number of rotatable bonds is 4. The number of benzene rings is 2. The summed E-state index contributed by atoms with van der Waals surface area (Å²) in [6, 6.07) is 11.8. The van der Waals surface area contributed by atoms with Gasteiger partial charge in [0, 0.05) is 49.9 Å². The van der Waals surface area contributed by atoms with Crippen LogP contribution in [0.4, 0.5) is 10.1 Å². The molecule has 0 spiro atoms. The third-order valence-corrected chi connectivity index (χ3v) is 6.20. The number of anilines is 1. The number of aromatic nitrogens is 1. The molecule has 0 N–H and O–H groups in total. The van der Waals surface area contributed by atoms with Crippen LogP contribution in [-0.2, 0) is 11.3 Å². The minimum atomic E-state index is -0.255. The molecule has 3 aromatic rings. The molecule has 5 nitrogen and oxygen atoms in total. The van der Waals surface area contributed by atoms with Crippen molar-refractivity contribution in [2.75, 3.05) is 31.1 Å². The molecule has 0 radical (unpaired) electrons. The third-order valence-electron chi connectivity index (χ3n) is 5.00. The van der Waals surface area contributed by atoms with Crippen LogP contribution in [0.25, 0.3) is 10.2 Å². The topological polar surface area (TPSA) is 45.6 Å². The fourth-order valence-corrected chi connectivity index (χ4v) is 4.54. The van der Waals surface area contributed by atoms with Gasteiger partial charge in [-0.25, -0.2) is 4.39 Å². The highest BCUT2D eigenvalue weighted by molar-refractivity contribution is 7.16. The molecule has 0 atom stereocenters. The molecular formula is C20H19ClFN3O2S. The largest absolute Gasteiger partial charge is 0.368 e. The maximum absolute atomic E-state index is 13.1. The molecule has 2 aromatic carbocycles. The monoisotopic (exact) mass is 419 g/mol. The Morgan fingerprint density at radius 3 is 2.50 bits per heavy atom. The number of piperazine rings is 1. The van der Waals surface area contributed by atoms with Gasteiger partial charge in [0.2, 0.25) is 5.91 Å². The van der Waals surface area contributed by atoms with Gasteiger partial charge in [0.15, 0.2) is 0 Å². The maximum Gasteiger partial charge on any atom is 0.308 e. The molecule has 0 unspecified atom stereocenters. The highest BCUT2D eigenvalue weighted by Gasteiger charge is 2.21. The molecule has 1 amide bonds. The van der Waals surface area contributed by atoms with E-state index in [4.69, 9.17) is 11.6 Å². The lowest BCUT2D eigenvalue weighted by Crippen LogP contribution is -2.49. The Hall–Kier alpha value is -2.38. The van der Waals surface area contributed by atoms with E-state index in [0.717, 1.165) is 27.2 Å². The van der Waals surface area contributed by atoms with Crippen LogP contribution >= 0.6 is 22.9 Å². The Morgan fingerprint density at radius 2 is 1.79 bits per heavy atom. The van der Waals surface area contributed by atoms with Crippen molar-refractivity contribution < 1.29 is 9.18 Å². The predicted octanol–water partition coefficient (Wildman–Crippen LogP) is 3.59. The second kappa shape index (κ2) is 7.93. The summed E-state index contributed by atoms with van der Waals surface area (Å²) in [5.74, 6) is -0.220. The lowest BCUT2D eigenvalue weighted by Gasteiger charge is -2.36. The molecule has 1 aliphatic heterocycles. The van der Waals surface area contributed by atoms with Crippen LogP contribution in [0.2, 0.25) is 5.02 Å². The molecule has 28 heavy (non-hydrogen) atoms. The van der Waals surface area contributed by atoms with Crippen LogP contribution in [0.1, 0.15) is 6.42 Å². The molecule has 8 heteroatoms. The minimum absolute atomic E-state index is 0.0343. The van der Waals surface area contributed by atoms with E-state index in [9.17, 15) is 14.0 Å². The zero-order chi connectivity index (χ0) is 19.7. The Morgan fingerprint density at radius 1 is 1.07 bits per heavy atom. The van der Waals surface area contributed by atoms with E-state index < -0.39 is 0 Å². The van der Waals surface area contributed by atoms with Crippen LogP contribution in [-0.4, -0.2) is 41.6 Å². The number of amides is 1. The van der Waals surface area contributed by atoms with Crippen molar-refractivity contribution in [1.82, 2.24) is 9.47 Å². The van der Waals surface area contributed by atoms with Gasteiger partial charge in [0.05, 0.1) is 10.2 Å². The lowest BCUT2D eigenvalue weighted by molar-refractivity contribution is -0.131. The van der Waals surface area contributed by atoms with E-state index in [0.29, 0.717) is 37.7 Å². The first-order valence-electron chi connectivity index (χ1n) is 9.08. The first kappa shape index (κ1) is 19.0. The van der Waals surface area contributed by atoms with Gasteiger partial charge >= 0.3 is 4.87 Å². The summed E-state index contributed by atoms with van der Waals surface area (Å²) in [5.41, 5.74) is 1.73. The van der Waals surface area contributed by atoms with E-state index in [2.05, 4.69) is 4.90 Å². The third kappa shape index (κ3) is 3.91. The molecule has 2 heterocycles. The van der Waals surface area contributed by atoms with E-state index in [1.54, 1.807) is 28.8 Å². The first-order valence-corrected chi connectivity index (χ1v) is 10.3. The number of thiazole rings is 1. The second-order valence-corrected chi connectivity index (χ2v) is 8.16. The normalized spacial score (nSPS) is 14.6. The number of nitrogens with zero attached hydrogens (tertiary/aromatic N) is 3.